The smallest absolute Gasteiger partial charge is 0.303 e. The molecule has 17 heavy (non-hydrogen) atoms. The molecular weight excluding hydrogens is 218 g/mol. The van der Waals surface area contributed by atoms with Crippen molar-refractivity contribution in [3.63, 3.8) is 0 Å². The van der Waals surface area contributed by atoms with Gasteiger partial charge in [0.25, 0.3) is 0 Å². The zero-order valence-corrected chi connectivity index (χ0v) is 9.93. The van der Waals surface area contributed by atoms with Crippen molar-refractivity contribution in [2.24, 2.45) is 0 Å². The number of carboxylic acids is 1. The number of nitrogens with zero attached hydrogens (tertiary/aromatic N) is 1. The number of carboxylic acid groups (broad SMARTS) is 1. The van der Waals surface area contributed by atoms with E-state index in [9.17, 15) is 9.59 Å². The molecule has 4 nitrogen and oxygen atoms in total. The molecular formula is C13H15NO3. The third-order valence-electron chi connectivity index (χ3n) is 3.48. The SMILES string of the molecule is CN1C(=O)C(C)(CCC(=O)O)c2ccccc21. The Hall–Kier alpha value is -1.84. The van der Waals surface area contributed by atoms with Crippen molar-refractivity contribution >= 4 is 17.6 Å². The Kier molecular flexibility index (Phi) is 2.65. The molecule has 1 aliphatic rings. The minimum atomic E-state index is -0.869. The number of hydrogen-bond acceptors (Lipinski definition) is 2. The Morgan fingerprint density at radius 2 is 2.06 bits per heavy atom. The zero-order valence-electron chi connectivity index (χ0n) is 9.93. The number of anilines is 1. The Balaban J connectivity index is 2.41. The van der Waals surface area contributed by atoms with Gasteiger partial charge >= 0.3 is 5.97 Å². The number of benzene rings is 1. The summed E-state index contributed by atoms with van der Waals surface area (Å²) in [5.74, 6) is -0.897. The van der Waals surface area contributed by atoms with Gasteiger partial charge in [0.05, 0.1) is 5.41 Å². The molecule has 0 saturated heterocycles. The van der Waals surface area contributed by atoms with Crippen LogP contribution in [0.4, 0.5) is 5.69 Å². The summed E-state index contributed by atoms with van der Waals surface area (Å²) in [5, 5.41) is 8.76. The van der Waals surface area contributed by atoms with Crippen molar-refractivity contribution in [3.8, 4) is 0 Å². The number of aliphatic carboxylic acids is 1. The van der Waals surface area contributed by atoms with E-state index in [-0.39, 0.29) is 12.3 Å². The molecule has 4 heteroatoms. The van der Waals surface area contributed by atoms with Crippen LogP contribution in [-0.4, -0.2) is 24.0 Å². The van der Waals surface area contributed by atoms with Gasteiger partial charge in [-0.05, 0) is 25.0 Å². The van der Waals surface area contributed by atoms with Crippen LogP contribution in [0.1, 0.15) is 25.3 Å². The number of amides is 1. The first-order valence-corrected chi connectivity index (χ1v) is 5.56. The van der Waals surface area contributed by atoms with E-state index in [4.69, 9.17) is 5.11 Å². The highest BCUT2D eigenvalue weighted by Gasteiger charge is 2.45. The van der Waals surface area contributed by atoms with Gasteiger partial charge in [-0.1, -0.05) is 18.2 Å². The van der Waals surface area contributed by atoms with Gasteiger partial charge in [0.2, 0.25) is 5.91 Å². The molecule has 0 bridgehead atoms. The molecule has 1 N–H and O–H groups in total. The fourth-order valence-corrected chi connectivity index (χ4v) is 2.43. The van der Waals surface area contributed by atoms with Gasteiger partial charge < -0.3 is 10.0 Å². The number of rotatable bonds is 3. The van der Waals surface area contributed by atoms with Crippen LogP contribution in [0.5, 0.6) is 0 Å². The summed E-state index contributed by atoms with van der Waals surface area (Å²) in [6.07, 6.45) is 0.340. The zero-order chi connectivity index (χ0) is 12.6. The fraction of sp³-hybridized carbons (Fsp3) is 0.385. The predicted molar refractivity (Wildman–Crippen MR) is 64.1 cm³/mol. The highest BCUT2D eigenvalue weighted by Crippen LogP contribution is 2.43. The van der Waals surface area contributed by atoms with Crippen molar-refractivity contribution in [1.82, 2.24) is 0 Å². The fourth-order valence-electron chi connectivity index (χ4n) is 2.43. The number of likely N-dealkylation sites (N-methyl/N-ethyl adjacent to an activating group) is 1. The summed E-state index contributed by atoms with van der Waals surface area (Å²) in [5.41, 5.74) is 1.10. The Morgan fingerprint density at radius 3 is 2.71 bits per heavy atom. The molecule has 1 unspecified atom stereocenters. The Bertz CT molecular complexity index is 483. The minimum absolute atomic E-state index is 0.00438. The first kappa shape index (κ1) is 11.6. The van der Waals surface area contributed by atoms with Gasteiger partial charge in [-0.2, -0.15) is 0 Å². The first-order valence-electron chi connectivity index (χ1n) is 5.56. The first-order chi connectivity index (χ1) is 7.97. The summed E-state index contributed by atoms with van der Waals surface area (Å²) in [6, 6.07) is 7.55. The van der Waals surface area contributed by atoms with Crippen LogP contribution in [0.2, 0.25) is 0 Å². The maximum Gasteiger partial charge on any atom is 0.303 e. The molecule has 1 aliphatic heterocycles. The molecule has 0 saturated carbocycles. The summed E-state index contributed by atoms with van der Waals surface area (Å²) in [4.78, 5) is 24.5. The number of carbonyl (C=O) groups is 2. The van der Waals surface area contributed by atoms with Gasteiger partial charge in [-0.25, -0.2) is 0 Å². The second-order valence-corrected chi connectivity index (χ2v) is 4.61. The molecule has 0 spiro atoms. The summed E-state index contributed by atoms with van der Waals surface area (Å²) >= 11 is 0. The van der Waals surface area contributed by atoms with Crippen LogP contribution in [-0.2, 0) is 15.0 Å². The van der Waals surface area contributed by atoms with E-state index in [0.717, 1.165) is 11.3 Å². The normalized spacial score (nSPS) is 22.7. The molecule has 0 aliphatic carbocycles. The van der Waals surface area contributed by atoms with Crippen molar-refractivity contribution in [2.45, 2.75) is 25.2 Å². The van der Waals surface area contributed by atoms with E-state index >= 15 is 0 Å². The lowest BCUT2D eigenvalue weighted by molar-refractivity contribution is -0.137. The average molecular weight is 233 g/mol. The molecule has 1 atom stereocenters. The lowest BCUT2D eigenvalue weighted by Gasteiger charge is -2.22. The number of para-hydroxylation sites is 1. The molecule has 1 heterocycles. The van der Waals surface area contributed by atoms with Gasteiger partial charge in [-0.3, -0.25) is 9.59 Å². The quantitative estimate of drug-likeness (QED) is 0.865. The third kappa shape index (κ3) is 1.69. The van der Waals surface area contributed by atoms with Gasteiger partial charge in [-0.15, -0.1) is 0 Å². The van der Waals surface area contributed by atoms with E-state index in [2.05, 4.69) is 0 Å². The number of fused-ring (bicyclic) bond motifs is 1. The molecule has 0 aromatic heterocycles. The van der Waals surface area contributed by atoms with Crippen molar-refractivity contribution in [1.29, 1.82) is 0 Å². The Morgan fingerprint density at radius 1 is 1.41 bits per heavy atom. The highest BCUT2D eigenvalue weighted by atomic mass is 16.4. The van der Waals surface area contributed by atoms with Gasteiger partial charge in [0.1, 0.15) is 0 Å². The number of hydrogen-bond donors (Lipinski definition) is 1. The van der Waals surface area contributed by atoms with Crippen LogP contribution in [0.3, 0.4) is 0 Å². The van der Waals surface area contributed by atoms with E-state index in [0.29, 0.717) is 6.42 Å². The van der Waals surface area contributed by atoms with Crippen LogP contribution in [0.15, 0.2) is 24.3 Å². The van der Waals surface area contributed by atoms with Gasteiger partial charge in [0, 0.05) is 19.2 Å². The maximum atomic E-state index is 12.2. The van der Waals surface area contributed by atoms with Crippen molar-refractivity contribution < 1.29 is 14.7 Å². The van der Waals surface area contributed by atoms with Crippen LogP contribution in [0.25, 0.3) is 0 Å². The van der Waals surface area contributed by atoms with Crippen molar-refractivity contribution in [2.75, 3.05) is 11.9 Å². The summed E-state index contributed by atoms with van der Waals surface area (Å²) < 4.78 is 0. The van der Waals surface area contributed by atoms with E-state index in [1.54, 1.807) is 11.9 Å². The lowest BCUT2D eigenvalue weighted by atomic mass is 9.79. The molecule has 90 valence electrons. The van der Waals surface area contributed by atoms with Crippen LogP contribution < -0.4 is 4.90 Å². The topological polar surface area (TPSA) is 57.6 Å². The van der Waals surface area contributed by atoms with Gasteiger partial charge in [0.15, 0.2) is 0 Å². The average Bonchev–Trinajstić information content (AvgIpc) is 2.51. The van der Waals surface area contributed by atoms with Crippen LogP contribution in [0, 0.1) is 0 Å². The van der Waals surface area contributed by atoms with Crippen LogP contribution >= 0.6 is 0 Å². The molecule has 1 aromatic carbocycles. The third-order valence-corrected chi connectivity index (χ3v) is 3.48. The monoisotopic (exact) mass is 233 g/mol. The minimum Gasteiger partial charge on any atom is -0.481 e. The predicted octanol–water partition coefficient (Wildman–Crippen LogP) is 1.79. The molecule has 1 amide bonds. The molecule has 1 aromatic rings. The van der Waals surface area contributed by atoms with E-state index in [1.807, 2.05) is 31.2 Å². The molecule has 0 fully saturated rings. The second kappa shape index (κ2) is 3.87. The van der Waals surface area contributed by atoms with E-state index < -0.39 is 11.4 Å². The second-order valence-electron chi connectivity index (χ2n) is 4.61. The standard InChI is InChI=1S/C13H15NO3/c1-13(8-7-11(15)16)9-5-3-4-6-10(9)14(2)12(13)17/h3-6H,7-8H2,1-2H3,(H,15,16). The lowest BCUT2D eigenvalue weighted by Crippen LogP contribution is -2.36. The molecule has 0 radical (unpaired) electrons. The summed E-state index contributed by atoms with van der Waals surface area (Å²) in [6.45, 7) is 1.82. The largest absolute Gasteiger partial charge is 0.481 e. The van der Waals surface area contributed by atoms with Crippen molar-refractivity contribution in [3.05, 3.63) is 29.8 Å². The van der Waals surface area contributed by atoms with E-state index in [1.165, 1.54) is 0 Å². The Labute approximate surface area is 99.9 Å². The number of carbonyl (C=O) groups excluding carboxylic acids is 1. The summed E-state index contributed by atoms with van der Waals surface area (Å²) in [7, 11) is 1.73. The molecule has 2 rings (SSSR count). The maximum absolute atomic E-state index is 12.2. The highest BCUT2D eigenvalue weighted by molar-refractivity contribution is 6.07.